The molecular weight excluding hydrogens is 499 g/mol. The number of aromatic nitrogens is 1. The maximum Gasteiger partial charge on any atom is 0.309 e. The molecule has 0 bridgehead atoms. The number of benzene rings is 2. The summed E-state index contributed by atoms with van der Waals surface area (Å²) in [4.78, 5) is 18.7. The highest BCUT2D eigenvalue weighted by Gasteiger charge is 2.41. The van der Waals surface area contributed by atoms with Crippen LogP contribution in [0.25, 0.3) is 10.9 Å². The van der Waals surface area contributed by atoms with Gasteiger partial charge in [0.25, 0.3) is 0 Å². The highest BCUT2D eigenvalue weighted by molar-refractivity contribution is 5.85. The van der Waals surface area contributed by atoms with Gasteiger partial charge in [0.15, 0.2) is 0 Å². The molecule has 1 saturated heterocycles. The number of nitrogens with zero attached hydrogens (tertiary/aromatic N) is 2. The molecule has 1 fully saturated rings. The lowest BCUT2D eigenvalue weighted by atomic mass is 9.74. The van der Waals surface area contributed by atoms with Crippen molar-refractivity contribution in [2.24, 2.45) is 5.41 Å². The van der Waals surface area contributed by atoms with E-state index in [1.165, 1.54) is 25.4 Å². The van der Waals surface area contributed by atoms with Crippen LogP contribution in [0, 0.1) is 17.0 Å². The van der Waals surface area contributed by atoms with Gasteiger partial charge in [-0.2, -0.15) is 0 Å². The Labute approximate surface area is 219 Å². The van der Waals surface area contributed by atoms with Gasteiger partial charge in [0.05, 0.1) is 24.6 Å². The van der Waals surface area contributed by atoms with Crippen LogP contribution in [-0.4, -0.2) is 59.4 Å². The number of fused-ring (bicyclic) bond motifs is 1. The van der Waals surface area contributed by atoms with Gasteiger partial charge in [-0.3, -0.25) is 9.78 Å². The maximum atomic E-state index is 15.8. The molecule has 0 radical (unpaired) electrons. The molecule has 1 aliphatic heterocycles. The number of anilines is 1. The number of pyridine rings is 1. The van der Waals surface area contributed by atoms with E-state index in [1.807, 2.05) is 0 Å². The smallest absolute Gasteiger partial charge is 0.309 e. The number of likely N-dealkylation sites (tertiary alicyclic amines) is 1. The first-order chi connectivity index (χ1) is 18.2. The second kappa shape index (κ2) is 12.0. The molecule has 0 aliphatic carbocycles. The van der Waals surface area contributed by atoms with Gasteiger partial charge in [-0.25, -0.2) is 13.2 Å². The van der Waals surface area contributed by atoms with Crippen molar-refractivity contribution in [2.45, 2.75) is 38.5 Å². The number of rotatable bonds is 11. The molecule has 0 spiro atoms. The normalized spacial score (nSPS) is 16.3. The Hall–Kier alpha value is -3.37. The Morgan fingerprint density at radius 2 is 1.89 bits per heavy atom. The number of aliphatic carboxylic acids is 1. The van der Waals surface area contributed by atoms with Crippen molar-refractivity contribution >= 4 is 22.6 Å². The van der Waals surface area contributed by atoms with Crippen molar-refractivity contribution < 1.29 is 32.9 Å². The summed E-state index contributed by atoms with van der Waals surface area (Å²) < 4.78 is 47.8. The van der Waals surface area contributed by atoms with E-state index in [9.17, 15) is 23.8 Å². The van der Waals surface area contributed by atoms with E-state index in [1.54, 1.807) is 18.2 Å². The van der Waals surface area contributed by atoms with Crippen molar-refractivity contribution in [2.75, 3.05) is 38.6 Å². The number of halogens is 3. The number of hydrogen-bond acceptors (Lipinski definition) is 6. The van der Waals surface area contributed by atoms with Crippen LogP contribution in [0.3, 0.4) is 0 Å². The zero-order chi connectivity index (χ0) is 27.3. The molecule has 204 valence electrons. The van der Waals surface area contributed by atoms with Crippen LogP contribution in [-0.2, 0) is 11.4 Å². The van der Waals surface area contributed by atoms with Crippen molar-refractivity contribution in [1.82, 2.24) is 9.88 Å². The molecule has 0 amide bonds. The van der Waals surface area contributed by atoms with Gasteiger partial charge < -0.3 is 25.2 Å². The van der Waals surface area contributed by atoms with Crippen LogP contribution in [0.5, 0.6) is 5.75 Å². The van der Waals surface area contributed by atoms with Gasteiger partial charge in [0, 0.05) is 47.6 Å². The number of ether oxygens (including phenoxy) is 1. The molecule has 1 atom stereocenters. The summed E-state index contributed by atoms with van der Waals surface area (Å²) in [5, 5.41) is 23.4. The predicted octanol–water partition coefficient (Wildman–Crippen LogP) is 5.08. The summed E-state index contributed by atoms with van der Waals surface area (Å²) in [5.74, 6) is -1.73. The number of piperidine rings is 1. The lowest BCUT2D eigenvalue weighted by Crippen LogP contribution is -2.45. The van der Waals surface area contributed by atoms with Crippen molar-refractivity contribution in [1.29, 1.82) is 0 Å². The average Bonchev–Trinajstić information content (AvgIpc) is 2.90. The number of carboxylic acid groups (broad SMARTS) is 1. The molecule has 4 rings (SSSR count). The Morgan fingerprint density at radius 1 is 1.18 bits per heavy atom. The number of carboxylic acids is 1. The first-order valence-electron chi connectivity index (χ1n) is 12.6. The molecule has 0 saturated carbocycles. The average molecular weight is 532 g/mol. The molecule has 3 aromatic rings. The topological polar surface area (TPSA) is 94.9 Å². The van der Waals surface area contributed by atoms with Gasteiger partial charge in [0.1, 0.15) is 23.6 Å². The minimum atomic E-state index is -1.49. The molecule has 2 heterocycles. The number of nitrogens with one attached hydrogen (secondary N) is 1. The number of hydrogen-bond donors (Lipinski definition) is 3. The second-order valence-electron chi connectivity index (χ2n) is 9.76. The monoisotopic (exact) mass is 531 g/mol. The van der Waals surface area contributed by atoms with Crippen LogP contribution in [0.2, 0.25) is 0 Å². The summed E-state index contributed by atoms with van der Waals surface area (Å²) in [6, 6.07) is 8.37. The van der Waals surface area contributed by atoms with Gasteiger partial charge in [-0.1, -0.05) is 0 Å². The van der Waals surface area contributed by atoms with Gasteiger partial charge in [-0.15, -0.1) is 0 Å². The van der Waals surface area contributed by atoms with Crippen LogP contribution >= 0.6 is 0 Å². The Kier molecular flexibility index (Phi) is 8.73. The Bertz CT molecular complexity index is 1260. The third kappa shape index (κ3) is 6.19. The lowest BCUT2D eigenvalue weighted by Gasteiger charge is -2.39. The van der Waals surface area contributed by atoms with E-state index in [-0.39, 0.29) is 19.4 Å². The molecule has 1 aromatic heterocycles. The van der Waals surface area contributed by atoms with E-state index in [2.05, 4.69) is 15.2 Å². The fraction of sp³-hybridized carbons (Fsp3) is 0.429. The SMILES string of the molecule is COc1ccc2ncc(CO)c([C@H](F)CCC3(C(=O)O)CCN(CCNc4cc(F)cc(F)c4)CC3)c2c1. The standard InChI is InChI=1S/C28H32F3N3O4/c1-38-22-2-3-25-23(15-22)26(18(17-35)16-33-25)24(31)4-5-28(27(36)37)6-9-34(10-7-28)11-8-32-21-13-19(29)12-20(30)14-21/h2-3,12-16,24,32,35H,4-11,17H2,1H3,(H,36,37)/t24-/m1/s1. The van der Waals surface area contributed by atoms with Crippen LogP contribution in [0.4, 0.5) is 18.9 Å². The van der Waals surface area contributed by atoms with E-state index in [4.69, 9.17) is 4.74 Å². The van der Waals surface area contributed by atoms with Crippen LogP contribution in [0.15, 0.2) is 42.6 Å². The van der Waals surface area contributed by atoms with Crippen molar-refractivity contribution in [3.8, 4) is 5.75 Å². The predicted molar refractivity (Wildman–Crippen MR) is 138 cm³/mol. The zero-order valence-corrected chi connectivity index (χ0v) is 21.2. The minimum Gasteiger partial charge on any atom is -0.497 e. The zero-order valence-electron chi connectivity index (χ0n) is 21.2. The van der Waals surface area contributed by atoms with E-state index in [0.717, 1.165) is 6.07 Å². The fourth-order valence-corrected chi connectivity index (χ4v) is 5.19. The van der Waals surface area contributed by atoms with Gasteiger partial charge in [0.2, 0.25) is 0 Å². The fourth-order valence-electron chi connectivity index (χ4n) is 5.19. The largest absolute Gasteiger partial charge is 0.497 e. The maximum absolute atomic E-state index is 15.8. The summed E-state index contributed by atoms with van der Waals surface area (Å²) in [7, 11) is 1.51. The minimum absolute atomic E-state index is 0.0116. The highest BCUT2D eigenvalue weighted by atomic mass is 19.1. The Morgan fingerprint density at radius 3 is 2.53 bits per heavy atom. The molecular formula is C28H32F3N3O4. The number of methoxy groups -OCH3 is 1. The number of carbonyl (C=O) groups is 1. The molecule has 0 unspecified atom stereocenters. The quantitative estimate of drug-likeness (QED) is 0.318. The van der Waals surface area contributed by atoms with E-state index < -0.39 is 29.2 Å². The molecule has 1 aliphatic rings. The summed E-state index contributed by atoms with van der Waals surface area (Å²) in [6.45, 7) is 1.66. The summed E-state index contributed by atoms with van der Waals surface area (Å²) >= 11 is 0. The third-order valence-corrected chi connectivity index (χ3v) is 7.45. The number of alkyl halides is 1. The molecule has 7 nitrogen and oxygen atoms in total. The van der Waals surface area contributed by atoms with Gasteiger partial charge >= 0.3 is 5.97 Å². The molecule has 10 heteroatoms. The Balaban J connectivity index is 1.39. The van der Waals surface area contributed by atoms with E-state index >= 15 is 4.39 Å². The summed E-state index contributed by atoms with van der Waals surface area (Å²) in [5.41, 5.74) is 0.533. The second-order valence-corrected chi connectivity index (χ2v) is 9.76. The number of aliphatic hydroxyl groups excluding tert-OH is 1. The van der Waals surface area contributed by atoms with Crippen molar-refractivity contribution in [3.63, 3.8) is 0 Å². The highest BCUT2D eigenvalue weighted by Crippen LogP contribution is 2.41. The molecule has 3 N–H and O–H groups in total. The summed E-state index contributed by atoms with van der Waals surface area (Å²) in [6.07, 6.45) is 0.830. The third-order valence-electron chi connectivity index (χ3n) is 7.45. The molecule has 38 heavy (non-hydrogen) atoms. The lowest BCUT2D eigenvalue weighted by molar-refractivity contribution is -0.153. The van der Waals surface area contributed by atoms with Crippen molar-refractivity contribution in [3.05, 3.63) is 65.4 Å². The van der Waals surface area contributed by atoms with Crippen LogP contribution in [0.1, 0.15) is 43.0 Å². The van der Waals surface area contributed by atoms with Crippen LogP contribution < -0.4 is 10.1 Å². The van der Waals surface area contributed by atoms with Gasteiger partial charge in [-0.05, 0) is 69.1 Å². The first-order valence-corrected chi connectivity index (χ1v) is 12.6. The van der Waals surface area contributed by atoms with E-state index in [0.29, 0.717) is 72.5 Å². The number of aliphatic hydroxyl groups is 1. The first kappa shape index (κ1) is 27.7. The molecule has 2 aromatic carbocycles.